The highest BCUT2D eigenvalue weighted by Gasteiger charge is 2.20. The zero-order valence-corrected chi connectivity index (χ0v) is 30.4. The van der Waals surface area contributed by atoms with Crippen molar-refractivity contribution in [1.82, 2.24) is 19.5 Å². The summed E-state index contributed by atoms with van der Waals surface area (Å²) < 4.78 is 15.7. The van der Waals surface area contributed by atoms with Crippen LogP contribution in [-0.4, -0.2) is 19.5 Å². The number of para-hydroxylation sites is 4. The van der Waals surface area contributed by atoms with E-state index < -0.39 is 0 Å². The van der Waals surface area contributed by atoms with Crippen LogP contribution in [0.1, 0.15) is 0 Å². The Bertz CT molecular complexity index is 3410. The molecule has 12 aromatic rings. The van der Waals surface area contributed by atoms with Crippen LogP contribution < -0.4 is 0 Å². The second-order valence-corrected chi connectivity index (χ2v) is 14.4. The van der Waals surface area contributed by atoms with Gasteiger partial charge in [0, 0.05) is 65.8 Å². The second kappa shape index (κ2) is 12.3. The Morgan fingerprint density at radius 2 is 0.789 bits per heavy atom. The summed E-state index contributed by atoms with van der Waals surface area (Å²) in [7, 11) is 0. The molecular weight excluding hydrogens is 701 g/mol. The topological polar surface area (TPSA) is 69.9 Å². The zero-order chi connectivity index (χ0) is 37.5. The molecule has 0 saturated heterocycles. The number of aromatic nitrogens is 4. The number of hydrogen-bond acceptors (Lipinski definition) is 5. The van der Waals surface area contributed by atoms with Gasteiger partial charge in [-0.3, -0.25) is 0 Å². The molecule has 0 saturated carbocycles. The van der Waals surface area contributed by atoms with E-state index in [2.05, 4.69) is 114 Å². The van der Waals surface area contributed by atoms with Crippen molar-refractivity contribution in [2.75, 3.05) is 0 Å². The van der Waals surface area contributed by atoms with Crippen LogP contribution in [0, 0.1) is 0 Å². The number of nitrogens with zero attached hydrogens (tertiary/aromatic N) is 4. The summed E-state index contributed by atoms with van der Waals surface area (Å²) in [5.74, 6) is 1.85. The van der Waals surface area contributed by atoms with Gasteiger partial charge in [0.15, 0.2) is 17.5 Å². The van der Waals surface area contributed by atoms with E-state index in [1.165, 1.54) is 21.8 Å². The lowest BCUT2D eigenvalue weighted by atomic mass is 9.99. The lowest BCUT2D eigenvalue weighted by Gasteiger charge is -2.08. The molecule has 4 aromatic heterocycles. The van der Waals surface area contributed by atoms with Gasteiger partial charge in [-0.1, -0.05) is 133 Å². The monoisotopic (exact) mass is 730 g/mol. The minimum atomic E-state index is 0.599. The quantitative estimate of drug-likeness (QED) is 0.176. The summed E-state index contributed by atoms with van der Waals surface area (Å²) in [4.78, 5) is 14.8. The van der Waals surface area contributed by atoms with Crippen molar-refractivity contribution in [3.63, 3.8) is 0 Å². The van der Waals surface area contributed by atoms with E-state index >= 15 is 0 Å². The number of hydrogen-bond donors (Lipinski definition) is 0. The van der Waals surface area contributed by atoms with E-state index in [9.17, 15) is 0 Å². The fraction of sp³-hybridized carbons (Fsp3) is 0. The van der Waals surface area contributed by atoms with Gasteiger partial charge in [-0.25, -0.2) is 15.0 Å². The Hall–Kier alpha value is -7.83. The predicted octanol–water partition coefficient (Wildman–Crippen LogP) is 13.4. The van der Waals surface area contributed by atoms with Crippen molar-refractivity contribution >= 4 is 65.7 Å². The lowest BCUT2D eigenvalue weighted by molar-refractivity contribution is 0.665. The van der Waals surface area contributed by atoms with Gasteiger partial charge in [0.25, 0.3) is 0 Å². The van der Waals surface area contributed by atoms with E-state index in [-0.39, 0.29) is 0 Å². The molecule has 57 heavy (non-hydrogen) atoms. The lowest BCUT2D eigenvalue weighted by Crippen LogP contribution is -2.00. The highest BCUT2D eigenvalue weighted by Crippen LogP contribution is 2.43. The minimum Gasteiger partial charge on any atom is -0.455 e. The second-order valence-electron chi connectivity index (χ2n) is 14.4. The van der Waals surface area contributed by atoms with Gasteiger partial charge < -0.3 is 13.4 Å². The van der Waals surface area contributed by atoms with Crippen molar-refractivity contribution in [2.45, 2.75) is 0 Å². The number of benzene rings is 8. The Balaban J connectivity index is 0.999. The van der Waals surface area contributed by atoms with Gasteiger partial charge in [-0.15, -0.1) is 0 Å². The Morgan fingerprint density at radius 3 is 1.35 bits per heavy atom. The van der Waals surface area contributed by atoms with Crippen LogP contribution in [0.25, 0.3) is 117 Å². The van der Waals surface area contributed by atoms with Gasteiger partial charge in [0.1, 0.15) is 22.3 Å². The fourth-order valence-corrected chi connectivity index (χ4v) is 8.43. The summed E-state index contributed by atoms with van der Waals surface area (Å²) in [5.41, 5.74) is 11.4. The number of furan rings is 2. The van der Waals surface area contributed by atoms with E-state index in [4.69, 9.17) is 23.8 Å². The molecule has 0 radical (unpaired) electrons. The molecular formula is C51H30N4O2. The highest BCUT2D eigenvalue weighted by molar-refractivity contribution is 6.16. The average molecular weight is 731 g/mol. The molecule has 8 aromatic carbocycles. The summed E-state index contributed by atoms with van der Waals surface area (Å²) in [6.07, 6.45) is 0. The number of rotatable bonds is 5. The molecule has 0 N–H and O–H groups in total. The Labute approximate surface area is 325 Å². The average Bonchev–Trinajstić information content (AvgIpc) is 3.96. The van der Waals surface area contributed by atoms with Crippen molar-refractivity contribution in [2.24, 2.45) is 0 Å². The first-order valence-electron chi connectivity index (χ1n) is 19.0. The molecule has 0 fully saturated rings. The molecule has 0 unspecified atom stereocenters. The minimum absolute atomic E-state index is 0.599. The molecule has 12 rings (SSSR count). The summed E-state index contributed by atoms with van der Waals surface area (Å²) >= 11 is 0. The molecule has 0 aliphatic heterocycles. The smallest absolute Gasteiger partial charge is 0.164 e. The number of fused-ring (bicyclic) bond motifs is 9. The third-order valence-electron chi connectivity index (χ3n) is 11.1. The molecule has 0 bridgehead atoms. The summed E-state index contributed by atoms with van der Waals surface area (Å²) in [6.45, 7) is 0. The van der Waals surface area contributed by atoms with Crippen LogP contribution in [0.3, 0.4) is 0 Å². The van der Waals surface area contributed by atoms with E-state index in [1.807, 2.05) is 72.8 Å². The van der Waals surface area contributed by atoms with Crippen LogP contribution in [-0.2, 0) is 0 Å². The Kier molecular flexibility index (Phi) is 6.83. The standard InChI is InChI=1S/C51H30N4O2/c1-3-13-31(14-4-1)49-52-50(32-15-5-2-6-16-32)54-51(53-49)33-25-27-45-41(29-33)39-21-11-19-37(47(39)56-45)38-20-12-22-40-42-30-34(26-28-46(42)57-48(38)40)55-43-23-9-7-17-35(43)36-18-8-10-24-44(36)55/h1-30H. The predicted molar refractivity (Wildman–Crippen MR) is 230 cm³/mol. The normalized spacial score (nSPS) is 11.9. The highest BCUT2D eigenvalue weighted by atomic mass is 16.3. The van der Waals surface area contributed by atoms with E-state index in [1.54, 1.807) is 0 Å². The van der Waals surface area contributed by atoms with Gasteiger partial charge in [0.2, 0.25) is 0 Å². The van der Waals surface area contributed by atoms with Crippen LogP contribution in [0.5, 0.6) is 0 Å². The zero-order valence-electron chi connectivity index (χ0n) is 30.4. The molecule has 4 heterocycles. The molecule has 0 aliphatic rings. The molecule has 6 heteroatoms. The third kappa shape index (κ3) is 4.94. The third-order valence-corrected chi connectivity index (χ3v) is 11.1. The van der Waals surface area contributed by atoms with Gasteiger partial charge in [0.05, 0.1) is 11.0 Å². The van der Waals surface area contributed by atoms with Crippen LogP contribution in [0.2, 0.25) is 0 Å². The molecule has 0 aliphatic carbocycles. The van der Waals surface area contributed by atoms with Crippen molar-refractivity contribution in [3.05, 3.63) is 182 Å². The summed E-state index contributed by atoms with van der Waals surface area (Å²) in [6, 6.07) is 62.6. The first-order chi connectivity index (χ1) is 28.2. The molecule has 0 atom stereocenters. The van der Waals surface area contributed by atoms with Crippen molar-refractivity contribution < 1.29 is 8.83 Å². The molecule has 6 nitrogen and oxygen atoms in total. The maximum atomic E-state index is 6.71. The van der Waals surface area contributed by atoms with Crippen LogP contribution >= 0.6 is 0 Å². The first-order valence-corrected chi connectivity index (χ1v) is 19.0. The molecule has 0 spiro atoms. The maximum absolute atomic E-state index is 6.71. The maximum Gasteiger partial charge on any atom is 0.164 e. The SMILES string of the molecule is c1ccc(-c2nc(-c3ccccc3)nc(-c3ccc4oc5c(-c6cccc7c6oc6ccc(-n8c9ccccc9c9ccccc98)cc67)cccc5c4c3)n2)cc1. The van der Waals surface area contributed by atoms with Gasteiger partial charge >= 0.3 is 0 Å². The van der Waals surface area contributed by atoms with E-state index in [0.29, 0.717) is 17.5 Å². The summed E-state index contributed by atoms with van der Waals surface area (Å²) in [5, 5.41) is 6.58. The van der Waals surface area contributed by atoms with Crippen molar-refractivity contribution in [3.8, 4) is 51.0 Å². The molecule has 266 valence electrons. The molecule has 0 amide bonds. The van der Waals surface area contributed by atoms with Crippen molar-refractivity contribution in [1.29, 1.82) is 0 Å². The van der Waals surface area contributed by atoms with Gasteiger partial charge in [-0.2, -0.15) is 0 Å². The van der Waals surface area contributed by atoms with E-state index in [0.717, 1.165) is 77.4 Å². The van der Waals surface area contributed by atoms with Crippen LogP contribution in [0.4, 0.5) is 0 Å². The fourth-order valence-electron chi connectivity index (χ4n) is 8.43. The Morgan fingerprint density at radius 1 is 0.333 bits per heavy atom. The van der Waals surface area contributed by atoms with Crippen LogP contribution in [0.15, 0.2) is 191 Å². The largest absolute Gasteiger partial charge is 0.455 e. The van der Waals surface area contributed by atoms with Gasteiger partial charge in [-0.05, 0) is 48.5 Å². The first kappa shape index (κ1) is 31.5.